The Hall–Kier alpha value is -2.03. The molecule has 0 aliphatic rings. The van der Waals surface area contributed by atoms with Crippen LogP contribution in [0.4, 0.5) is 21.5 Å². The van der Waals surface area contributed by atoms with E-state index in [4.69, 9.17) is 5.73 Å². The van der Waals surface area contributed by atoms with Crippen molar-refractivity contribution in [2.75, 3.05) is 11.1 Å². The maximum atomic E-state index is 13.6. The highest BCUT2D eigenvalue weighted by Crippen LogP contribution is 2.26. The van der Waals surface area contributed by atoms with Crippen molar-refractivity contribution in [3.63, 3.8) is 0 Å². The summed E-state index contributed by atoms with van der Waals surface area (Å²) >= 11 is 0. The van der Waals surface area contributed by atoms with Crippen molar-refractivity contribution in [1.82, 2.24) is 0 Å². The molecule has 0 saturated carbocycles. The zero-order valence-corrected chi connectivity index (χ0v) is 10.6. The number of para-hydroxylation sites is 1. The topological polar surface area (TPSA) is 38.0 Å². The molecule has 0 bridgehead atoms. The molecule has 2 nitrogen and oxygen atoms in total. The zero-order valence-electron chi connectivity index (χ0n) is 10.6. The van der Waals surface area contributed by atoms with Gasteiger partial charge in [-0.3, -0.25) is 0 Å². The molecular weight excluding hydrogens is 227 g/mol. The number of hydrogen-bond donors (Lipinski definition) is 2. The lowest BCUT2D eigenvalue weighted by molar-refractivity contribution is 0.632. The van der Waals surface area contributed by atoms with Crippen molar-refractivity contribution in [3.05, 3.63) is 53.8 Å². The highest BCUT2D eigenvalue weighted by atomic mass is 19.1. The third kappa shape index (κ3) is 2.62. The molecule has 0 aliphatic carbocycles. The van der Waals surface area contributed by atoms with E-state index in [1.807, 2.05) is 24.3 Å². The normalized spacial score (nSPS) is 10.7. The molecule has 94 valence electrons. The molecule has 0 spiro atoms. The second-order valence-electron chi connectivity index (χ2n) is 4.61. The molecule has 2 aromatic rings. The van der Waals surface area contributed by atoms with Gasteiger partial charge >= 0.3 is 0 Å². The summed E-state index contributed by atoms with van der Waals surface area (Å²) in [5.74, 6) is 0.139. The first-order valence-corrected chi connectivity index (χ1v) is 5.99. The lowest BCUT2D eigenvalue weighted by atomic mass is 10.0. The van der Waals surface area contributed by atoms with E-state index in [0.29, 0.717) is 17.3 Å². The minimum Gasteiger partial charge on any atom is -0.397 e. The van der Waals surface area contributed by atoms with Gasteiger partial charge in [-0.15, -0.1) is 0 Å². The highest BCUT2D eigenvalue weighted by Gasteiger charge is 2.06. The van der Waals surface area contributed by atoms with Crippen molar-refractivity contribution in [1.29, 1.82) is 0 Å². The van der Waals surface area contributed by atoms with E-state index in [0.717, 1.165) is 5.69 Å². The summed E-state index contributed by atoms with van der Waals surface area (Å²) in [5, 5.41) is 3.01. The van der Waals surface area contributed by atoms with Gasteiger partial charge in [0.1, 0.15) is 5.82 Å². The fourth-order valence-electron chi connectivity index (χ4n) is 1.77. The number of rotatable bonds is 3. The van der Waals surface area contributed by atoms with Gasteiger partial charge in [-0.25, -0.2) is 4.39 Å². The summed E-state index contributed by atoms with van der Waals surface area (Å²) in [7, 11) is 0. The lowest BCUT2D eigenvalue weighted by Crippen LogP contribution is -1.99. The van der Waals surface area contributed by atoms with Crippen LogP contribution in [-0.4, -0.2) is 0 Å². The van der Waals surface area contributed by atoms with Crippen LogP contribution in [0.1, 0.15) is 25.3 Å². The monoisotopic (exact) mass is 244 g/mol. The Morgan fingerprint density at radius 3 is 2.28 bits per heavy atom. The Bertz CT molecular complexity index is 512. The van der Waals surface area contributed by atoms with Crippen LogP contribution in [-0.2, 0) is 0 Å². The van der Waals surface area contributed by atoms with Crippen molar-refractivity contribution < 1.29 is 4.39 Å². The predicted octanol–water partition coefficient (Wildman–Crippen LogP) is 4.27. The second kappa shape index (κ2) is 5.08. The van der Waals surface area contributed by atoms with Gasteiger partial charge in [0.05, 0.1) is 11.4 Å². The van der Waals surface area contributed by atoms with Crippen molar-refractivity contribution in [3.8, 4) is 0 Å². The number of halogens is 1. The number of anilines is 3. The van der Waals surface area contributed by atoms with Gasteiger partial charge in [0, 0.05) is 5.69 Å². The predicted molar refractivity (Wildman–Crippen MR) is 74.6 cm³/mol. The number of nitrogens with two attached hydrogens (primary N) is 1. The number of hydrogen-bond acceptors (Lipinski definition) is 2. The third-order valence-electron chi connectivity index (χ3n) is 2.89. The molecule has 2 rings (SSSR count). The number of benzene rings is 2. The Morgan fingerprint density at radius 1 is 1.06 bits per heavy atom. The molecule has 3 N–H and O–H groups in total. The summed E-state index contributed by atoms with van der Waals surface area (Å²) in [6, 6.07) is 12.6. The lowest BCUT2D eigenvalue weighted by Gasteiger charge is -2.11. The molecule has 3 heteroatoms. The van der Waals surface area contributed by atoms with E-state index in [1.165, 1.54) is 11.6 Å². The largest absolute Gasteiger partial charge is 0.397 e. The van der Waals surface area contributed by atoms with E-state index in [-0.39, 0.29) is 5.82 Å². The Morgan fingerprint density at radius 2 is 1.72 bits per heavy atom. The minimum absolute atomic E-state index is 0.329. The van der Waals surface area contributed by atoms with E-state index in [1.54, 1.807) is 12.1 Å². The summed E-state index contributed by atoms with van der Waals surface area (Å²) in [6.07, 6.45) is 0. The van der Waals surface area contributed by atoms with Crippen LogP contribution in [0.25, 0.3) is 0 Å². The summed E-state index contributed by atoms with van der Waals surface area (Å²) < 4.78 is 13.6. The maximum Gasteiger partial charge on any atom is 0.148 e. The number of nitrogens with one attached hydrogen (secondary N) is 1. The summed E-state index contributed by atoms with van der Waals surface area (Å²) in [4.78, 5) is 0. The fraction of sp³-hybridized carbons (Fsp3) is 0.200. The molecule has 0 aliphatic heterocycles. The average molecular weight is 244 g/mol. The van der Waals surface area contributed by atoms with Gasteiger partial charge < -0.3 is 11.1 Å². The molecule has 0 amide bonds. The SMILES string of the molecule is CC(C)c1ccc(Nc2c(N)cccc2F)cc1. The van der Waals surface area contributed by atoms with Crippen molar-refractivity contribution in [2.24, 2.45) is 0 Å². The van der Waals surface area contributed by atoms with Gasteiger partial charge in [-0.05, 0) is 35.7 Å². The van der Waals surface area contributed by atoms with Gasteiger partial charge in [-0.2, -0.15) is 0 Å². The van der Waals surface area contributed by atoms with E-state index in [2.05, 4.69) is 19.2 Å². The van der Waals surface area contributed by atoms with Crippen LogP contribution in [0.15, 0.2) is 42.5 Å². The van der Waals surface area contributed by atoms with Gasteiger partial charge in [-0.1, -0.05) is 32.0 Å². The van der Waals surface area contributed by atoms with Crippen molar-refractivity contribution >= 4 is 17.1 Å². The molecular formula is C15H17FN2. The van der Waals surface area contributed by atoms with Crippen LogP contribution in [0, 0.1) is 5.82 Å². The second-order valence-corrected chi connectivity index (χ2v) is 4.61. The molecule has 0 heterocycles. The molecule has 0 radical (unpaired) electrons. The zero-order chi connectivity index (χ0) is 13.1. The summed E-state index contributed by atoms with van der Waals surface area (Å²) in [5.41, 5.74) is 8.56. The smallest absolute Gasteiger partial charge is 0.148 e. The van der Waals surface area contributed by atoms with Crippen LogP contribution < -0.4 is 11.1 Å². The van der Waals surface area contributed by atoms with Gasteiger partial charge in [0.25, 0.3) is 0 Å². The first-order valence-electron chi connectivity index (χ1n) is 5.99. The molecule has 18 heavy (non-hydrogen) atoms. The van der Waals surface area contributed by atoms with Crippen LogP contribution in [0.5, 0.6) is 0 Å². The fourth-order valence-corrected chi connectivity index (χ4v) is 1.77. The van der Waals surface area contributed by atoms with E-state index >= 15 is 0 Å². The molecule has 0 saturated heterocycles. The Balaban J connectivity index is 2.24. The van der Waals surface area contributed by atoms with Gasteiger partial charge in [0.15, 0.2) is 0 Å². The van der Waals surface area contributed by atoms with Crippen LogP contribution >= 0.6 is 0 Å². The Labute approximate surface area is 107 Å². The molecule has 0 unspecified atom stereocenters. The first kappa shape index (κ1) is 12.4. The maximum absolute atomic E-state index is 13.6. The standard InChI is InChI=1S/C15H17FN2/c1-10(2)11-6-8-12(9-7-11)18-15-13(16)4-3-5-14(15)17/h3-10,18H,17H2,1-2H3. The Kier molecular flexibility index (Phi) is 3.51. The van der Waals surface area contributed by atoms with E-state index in [9.17, 15) is 4.39 Å². The molecule has 0 fully saturated rings. The average Bonchev–Trinajstić information content (AvgIpc) is 2.34. The minimum atomic E-state index is -0.345. The highest BCUT2D eigenvalue weighted by molar-refractivity contribution is 5.73. The molecule has 0 atom stereocenters. The quantitative estimate of drug-likeness (QED) is 0.791. The van der Waals surface area contributed by atoms with Gasteiger partial charge in [0.2, 0.25) is 0 Å². The molecule has 0 aromatic heterocycles. The van der Waals surface area contributed by atoms with Crippen LogP contribution in [0.3, 0.4) is 0 Å². The molecule has 2 aromatic carbocycles. The first-order chi connectivity index (χ1) is 8.58. The number of nitrogen functional groups attached to an aromatic ring is 1. The van der Waals surface area contributed by atoms with E-state index < -0.39 is 0 Å². The third-order valence-corrected chi connectivity index (χ3v) is 2.89. The van der Waals surface area contributed by atoms with Crippen molar-refractivity contribution in [2.45, 2.75) is 19.8 Å². The van der Waals surface area contributed by atoms with Crippen LogP contribution in [0.2, 0.25) is 0 Å². The summed E-state index contributed by atoms with van der Waals surface area (Å²) in [6.45, 7) is 4.27.